The Bertz CT molecular complexity index is 656. The van der Waals surface area contributed by atoms with E-state index in [0.29, 0.717) is 11.3 Å². The molecule has 20 heavy (non-hydrogen) atoms. The van der Waals surface area contributed by atoms with Gasteiger partial charge in [-0.2, -0.15) is 0 Å². The zero-order valence-electron chi connectivity index (χ0n) is 11.1. The van der Waals surface area contributed by atoms with Crippen LogP contribution in [0.25, 0.3) is 0 Å². The van der Waals surface area contributed by atoms with E-state index in [1.165, 1.54) is 31.4 Å². The van der Waals surface area contributed by atoms with E-state index in [9.17, 15) is 14.3 Å². The minimum Gasteiger partial charge on any atom is -0.508 e. The van der Waals surface area contributed by atoms with Gasteiger partial charge < -0.3 is 15.2 Å². The number of methoxy groups -OCH3 is 1. The number of benzene rings is 2. The molecule has 0 aliphatic carbocycles. The van der Waals surface area contributed by atoms with Gasteiger partial charge in [-0.3, -0.25) is 4.79 Å². The number of carbonyl (C=O) groups excluding carboxylic acids is 1. The number of phenols is 1. The van der Waals surface area contributed by atoms with E-state index in [4.69, 9.17) is 4.74 Å². The van der Waals surface area contributed by atoms with Gasteiger partial charge in [-0.1, -0.05) is 12.1 Å². The van der Waals surface area contributed by atoms with Gasteiger partial charge in [0.15, 0.2) is 0 Å². The second kappa shape index (κ2) is 5.61. The number of halogens is 1. The number of amides is 1. The van der Waals surface area contributed by atoms with Crippen molar-refractivity contribution in [3.63, 3.8) is 0 Å². The summed E-state index contributed by atoms with van der Waals surface area (Å²) in [7, 11) is 1.37. The second-order valence-electron chi connectivity index (χ2n) is 4.22. The van der Waals surface area contributed by atoms with Gasteiger partial charge in [0, 0.05) is 11.3 Å². The van der Waals surface area contributed by atoms with Gasteiger partial charge in [0.25, 0.3) is 5.91 Å². The van der Waals surface area contributed by atoms with Crippen LogP contribution in [-0.2, 0) is 0 Å². The van der Waals surface area contributed by atoms with E-state index in [-0.39, 0.29) is 17.1 Å². The fourth-order valence-electron chi connectivity index (χ4n) is 1.84. The van der Waals surface area contributed by atoms with Crippen LogP contribution in [0.1, 0.15) is 15.9 Å². The number of rotatable bonds is 3. The Hall–Kier alpha value is -2.56. The molecule has 0 saturated carbocycles. The number of hydrogen-bond acceptors (Lipinski definition) is 3. The maximum atomic E-state index is 13.8. The highest BCUT2D eigenvalue weighted by atomic mass is 19.1. The van der Waals surface area contributed by atoms with Crippen LogP contribution in [0.4, 0.5) is 10.1 Å². The van der Waals surface area contributed by atoms with Crippen LogP contribution >= 0.6 is 0 Å². The Morgan fingerprint density at radius 1 is 1.25 bits per heavy atom. The zero-order valence-corrected chi connectivity index (χ0v) is 11.1. The Morgan fingerprint density at radius 3 is 2.65 bits per heavy atom. The van der Waals surface area contributed by atoms with Crippen LogP contribution in [0.2, 0.25) is 0 Å². The number of phenolic OH excluding ortho intramolecular Hbond substituents is 1. The molecule has 104 valence electrons. The van der Waals surface area contributed by atoms with Crippen molar-refractivity contribution in [1.82, 2.24) is 0 Å². The molecular weight excluding hydrogens is 261 g/mol. The lowest BCUT2D eigenvalue weighted by molar-refractivity contribution is 0.102. The zero-order chi connectivity index (χ0) is 14.7. The fraction of sp³-hybridized carbons (Fsp3) is 0.133. The summed E-state index contributed by atoms with van der Waals surface area (Å²) in [4.78, 5) is 12.2. The predicted octanol–water partition coefficient (Wildman–Crippen LogP) is 3.10. The molecule has 0 aliphatic rings. The van der Waals surface area contributed by atoms with Gasteiger partial charge in [0.1, 0.15) is 22.9 Å². The van der Waals surface area contributed by atoms with Gasteiger partial charge in [-0.05, 0) is 31.2 Å². The van der Waals surface area contributed by atoms with E-state index >= 15 is 0 Å². The third-order valence-electron chi connectivity index (χ3n) is 2.98. The standard InChI is InChI=1S/C15H14FNO3/c1-9-11(6-4-7-12(9)18)17-15(19)14-10(16)5-3-8-13(14)20-2/h3-8,18H,1-2H3,(H,17,19). The minimum atomic E-state index is -0.667. The molecule has 0 fully saturated rings. The first kappa shape index (κ1) is 13.9. The van der Waals surface area contributed by atoms with Crippen molar-refractivity contribution in [2.45, 2.75) is 6.92 Å². The Labute approximate surface area is 115 Å². The third kappa shape index (κ3) is 2.56. The summed E-state index contributed by atoms with van der Waals surface area (Å²) in [6.45, 7) is 1.66. The normalized spacial score (nSPS) is 10.2. The summed E-state index contributed by atoms with van der Waals surface area (Å²) in [5, 5.41) is 12.2. The molecule has 0 saturated heterocycles. The first-order chi connectivity index (χ1) is 9.54. The monoisotopic (exact) mass is 275 g/mol. The molecule has 4 nitrogen and oxygen atoms in total. The molecule has 5 heteroatoms. The average Bonchev–Trinajstić information content (AvgIpc) is 2.43. The molecule has 2 aromatic carbocycles. The molecule has 0 spiro atoms. The van der Waals surface area contributed by atoms with Crippen LogP contribution in [0.3, 0.4) is 0 Å². The molecule has 0 heterocycles. The molecule has 0 atom stereocenters. The average molecular weight is 275 g/mol. The van der Waals surface area contributed by atoms with E-state index in [1.807, 2.05) is 0 Å². The Kier molecular flexibility index (Phi) is 3.89. The summed E-state index contributed by atoms with van der Waals surface area (Å²) < 4.78 is 18.8. The molecule has 1 amide bonds. The van der Waals surface area contributed by atoms with Crippen LogP contribution in [-0.4, -0.2) is 18.1 Å². The van der Waals surface area contributed by atoms with Crippen molar-refractivity contribution in [1.29, 1.82) is 0 Å². The van der Waals surface area contributed by atoms with Crippen molar-refractivity contribution >= 4 is 11.6 Å². The molecule has 0 bridgehead atoms. The molecular formula is C15H14FNO3. The number of hydrogen-bond donors (Lipinski definition) is 2. The quantitative estimate of drug-likeness (QED) is 0.905. The maximum Gasteiger partial charge on any atom is 0.262 e. The molecule has 2 N–H and O–H groups in total. The van der Waals surface area contributed by atoms with Crippen molar-refractivity contribution < 1.29 is 19.0 Å². The van der Waals surface area contributed by atoms with Gasteiger partial charge in [-0.15, -0.1) is 0 Å². The van der Waals surface area contributed by atoms with Crippen LogP contribution in [0.5, 0.6) is 11.5 Å². The van der Waals surface area contributed by atoms with Gasteiger partial charge in [0.2, 0.25) is 0 Å². The first-order valence-corrected chi connectivity index (χ1v) is 5.97. The Morgan fingerprint density at radius 2 is 1.95 bits per heavy atom. The van der Waals surface area contributed by atoms with Gasteiger partial charge in [0.05, 0.1) is 7.11 Å². The lowest BCUT2D eigenvalue weighted by Crippen LogP contribution is -2.15. The number of aromatic hydroxyl groups is 1. The van der Waals surface area contributed by atoms with E-state index in [0.717, 1.165) is 0 Å². The number of ether oxygens (including phenoxy) is 1. The largest absolute Gasteiger partial charge is 0.508 e. The summed E-state index contributed by atoms with van der Waals surface area (Å²) >= 11 is 0. The van der Waals surface area contributed by atoms with Crippen LogP contribution < -0.4 is 10.1 Å². The molecule has 2 aromatic rings. The molecule has 0 radical (unpaired) electrons. The van der Waals surface area contributed by atoms with Crippen LogP contribution in [0, 0.1) is 12.7 Å². The maximum absolute atomic E-state index is 13.8. The van der Waals surface area contributed by atoms with E-state index in [2.05, 4.69) is 5.32 Å². The van der Waals surface area contributed by atoms with Gasteiger partial charge >= 0.3 is 0 Å². The molecule has 0 aromatic heterocycles. The predicted molar refractivity (Wildman–Crippen MR) is 73.7 cm³/mol. The van der Waals surface area contributed by atoms with Crippen molar-refractivity contribution in [3.05, 3.63) is 53.3 Å². The molecule has 2 rings (SSSR count). The van der Waals surface area contributed by atoms with E-state index in [1.54, 1.807) is 19.1 Å². The highest BCUT2D eigenvalue weighted by Gasteiger charge is 2.18. The summed E-state index contributed by atoms with van der Waals surface area (Å²) in [6.07, 6.45) is 0. The second-order valence-corrected chi connectivity index (χ2v) is 4.22. The molecule has 0 unspecified atom stereocenters. The van der Waals surface area contributed by atoms with E-state index < -0.39 is 11.7 Å². The Balaban J connectivity index is 2.36. The van der Waals surface area contributed by atoms with Crippen LogP contribution in [0.15, 0.2) is 36.4 Å². The summed E-state index contributed by atoms with van der Waals surface area (Å²) in [5.41, 5.74) is 0.759. The van der Waals surface area contributed by atoms with Crippen molar-refractivity contribution in [2.75, 3.05) is 12.4 Å². The highest BCUT2D eigenvalue weighted by Crippen LogP contribution is 2.26. The summed E-state index contributed by atoms with van der Waals surface area (Å²) in [6, 6.07) is 8.89. The SMILES string of the molecule is COc1cccc(F)c1C(=O)Nc1cccc(O)c1C. The first-order valence-electron chi connectivity index (χ1n) is 5.97. The van der Waals surface area contributed by atoms with Crippen molar-refractivity contribution in [3.8, 4) is 11.5 Å². The highest BCUT2D eigenvalue weighted by molar-refractivity contribution is 6.06. The lowest BCUT2D eigenvalue weighted by Gasteiger charge is -2.12. The third-order valence-corrected chi connectivity index (χ3v) is 2.98. The number of anilines is 1. The topological polar surface area (TPSA) is 58.6 Å². The number of nitrogens with one attached hydrogen (secondary N) is 1. The van der Waals surface area contributed by atoms with Crippen molar-refractivity contribution in [2.24, 2.45) is 0 Å². The minimum absolute atomic E-state index is 0.0586. The smallest absolute Gasteiger partial charge is 0.262 e. The lowest BCUT2D eigenvalue weighted by atomic mass is 10.1. The fourth-order valence-corrected chi connectivity index (χ4v) is 1.84. The summed E-state index contributed by atoms with van der Waals surface area (Å²) in [5.74, 6) is -1.09. The molecule has 0 aliphatic heterocycles. The number of carbonyl (C=O) groups is 1. The van der Waals surface area contributed by atoms with Gasteiger partial charge in [-0.25, -0.2) is 4.39 Å².